The zero-order valence-electron chi connectivity index (χ0n) is 17.3. The molecule has 3 rings (SSSR count). The summed E-state index contributed by atoms with van der Waals surface area (Å²) in [6, 6.07) is 4.80. The van der Waals surface area contributed by atoms with Gasteiger partial charge in [-0.15, -0.1) is 0 Å². The molecule has 1 aromatic carbocycles. The predicted molar refractivity (Wildman–Crippen MR) is 111 cm³/mol. The van der Waals surface area contributed by atoms with E-state index < -0.39 is 40.5 Å². The van der Waals surface area contributed by atoms with Gasteiger partial charge >= 0.3 is 6.03 Å². The van der Waals surface area contributed by atoms with Crippen LogP contribution in [0.3, 0.4) is 0 Å². The second-order valence-electron chi connectivity index (χ2n) is 8.10. The second kappa shape index (κ2) is 9.13. The normalized spacial score (nSPS) is 20.5. The quantitative estimate of drug-likeness (QED) is 0.632. The maximum atomic E-state index is 12.8. The van der Waals surface area contributed by atoms with Crippen LogP contribution >= 0.6 is 0 Å². The van der Waals surface area contributed by atoms with Crippen molar-refractivity contribution in [2.24, 2.45) is 5.92 Å². The van der Waals surface area contributed by atoms with Crippen molar-refractivity contribution in [3.05, 3.63) is 24.3 Å². The van der Waals surface area contributed by atoms with Crippen molar-refractivity contribution in [1.29, 1.82) is 0 Å². The van der Waals surface area contributed by atoms with E-state index in [0.29, 0.717) is 25.2 Å². The van der Waals surface area contributed by atoms with Gasteiger partial charge in [-0.25, -0.2) is 13.2 Å². The van der Waals surface area contributed by atoms with Crippen molar-refractivity contribution in [2.75, 3.05) is 25.0 Å². The highest BCUT2D eigenvalue weighted by Gasteiger charge is 2.39. The molecule has 1 unspecified atom stereocenters. The summed E-state index contributed by atoms with van der Waals surface area (Å²) >= 11 is 0. The van der Waals surface area contributed by atoms with Crippen LogP contribution in [-0.4, -0.2) is 61.1 Å². The summed E-state index contributed by atoms with van der Waals surface area (Å²) in [6.45, 7) is 4.44. The molecule has 4 amide bonds. The van der Waals surface area contributed by atoms with E-state index in [9.17, 15) is 22.8 Å². The number of carbonyl (C=O) groups excluding carboxylic acids is 3. The molecule has 0 bridgehead atoms. The third-order valence-electron chi connectivity index (χ3n) is 5.19. The average Bonchev–Trinajstić information content (AvgIpc) is 2.95. The SMILES string of the molecule is CC(C)CC1NC(=O)N(CC(=O)Nc2cccc(S(=O)(=O)N3CCCCC3)c2)C1=O. The van der Waals surface area contributed by atoms with Crippen molar-refractivity contribution in [2.45, 2.75) is 50.5 Å². The first-order valence-electron chi connectivity index (χ1n) is 10.2. The number of amides is 4. The van der Waals surface area contributed by atoms with E-state index in [2.05, 4.69) is 10.6 Å². The zero-order chi connectivity index (χ0) is 21.9. The van der Waals surface area contributed by atoms with E-state index in [4.69, 9.17) is 0 Å². The number of benzene rings is 1. The number of sulfonamides is 1. The molecule has 2 N–H and O–H groups in total. The minimum atomic E-state index is -3.63. The first kappa shape index (κ1) is 22.2. The number of rotatable bonds is 7. The number of hydrogen-bond acceptors (Lipinski definition) is 5. The summed E-state index contributed by atoms with van der Waals surface area (Å²) in [6.07, 6.45) is 3.18. The third kappa shape index (κ3) is 4.99. The summed E-state index contributed by atoms with van der Waals surface area (Å²) in [5.74, 6) is -0.779. The lowest BCUT2D eigenvalue weighted by Gasteiger charge is -2.26. The number of imide groups is 1. The predicted octanol–water partition coefficient (Wildman–Crippen LogP) is 1.77. The van der Waals surface area contributed by atoms with Gasteiger partial charge in [0.25, 0.3) is 5.91 Å². The molecule has 0 radical (unpaired) electrons. The lowest BCUT2D eigenvalue weighted by molar-refractivity contribution is -0.131. The van der Waals surface area contributed by atoms with Crippen LogP contribution in [0.5, 0.6) is 0 Å². The highest BCUT2D eigenvalue weighted by atomic mass is 32.2. The van der Waals surface area contributed by atoms with Gasteiger partial charge in [0.2, 0.25) is 15.9 Å². The maximum Gasteiger partial charge on any atom is 0.325 e. The first-order chi connectivity index (χ1) is 14.2. The Morgan fingerprint density at radius 1 is 1.20 bits per heavy atom. The molecule has 0 aromatic heterocycles. The fraction of sp³-hybridized carbons (Fsp3) is 0.550. The minimum Gasteiger partial charge on any atom is -0.326 e. The third-order valence-corrected chi connectivity index (χ3v) is 7.08. The Kier molecular flexibility index (Phi) is 6.77. The summed E-state index contributed by atoms with van der Waals surface area (Å²) < 4.78 is 27.1. The van der Waals surface area contributed by atoms with Crippen LogP contribution in [0, 0.1) is 5.92 Å². The first-order valence-corrected chi connectivity index (χ1v) is 11.6. The topological polar surface area (TPSA) is 116 Å². The lowest BCUT2D eigenvalue weighted by Crippen LogP contribution is -2.38. The van der Waals surface area contributed by atoms with Gasteiger partial charge in [-0.2, -0.15) is 4.31 Å². The molecule has 1 atom stereocenters. The summed E-state index contributed by atoms with van der Waals surface area (Å²) in [5, 5.41) is 5.18. The van der Waals surface area contributed by atoms with Gasteiger partial charge in [0.1, 0.15) is 12.6 Å². The van der Waals surface area contributed by atoms with Crippen LogP contribution in [0.4, 0.5) is 10.5 Å². The number of anilines is 1. The molecule has 2 saturated heterocycles. The van der Waals surface area contributed by atoms with Crippen LogP contribution in [0.2, 0.25) is 0 Å². The Morgan fingerprint density at radius 3 is 2.57 bits per heavy atom. The van der Waals surface area contributed by atoms with E-state index >= 15 is 0 Å². The Morgan fingerprint density at radius 2 is 1.90 bits per heavy atom. The maximum absolute atomic E-state index is 12.8. The van der Waals surface area contributed by atoms with E-state index in [0.717, 1.165) is 24.2 Å². The number of nitrogens with one attached hydrogen (secondary N) is 2. The van der Waals surface area contributed by atoms with Crippen LogP contribution < -0.4 is 10.6 Å². The van der Waals surface area contributed by atoms with E-state index in [-0.39, 0.29) is 10.8 Å². The van der Waals surface area contributed by atoms with E-state index in [1.54, 1.807) is 12.1 Å². The molecule has 1 aromatic rings. The highest BCUT2D eigenvalue weighted by molar-refractivity contribution is 7.89. The van der Waals surface area contributed by atoms with Crippen LogP contribution in [0.1, 0.15) is 39.5 Å². The molecule has 2 heterocycles. The Hall–Kier alpha value is -2.46. The minimum absolute atomic E-state index is 0.106. The molecular formula is C20H28N4O5S. The number of nitrogens with zero attached hydrogens (tertiary/aromatic N) is 2. The molecule has 0 aliphatic carbocycles. The standard InChI is InChI=1S/C20H28N4O5S/c1-14(2)11-17-19(26)24(20(27)22-17)13-18(25)21-15-7-6-8-16(12-15)30(28,29)23-9-4-3-5-10-23/h6-8,12,14,17H,3-5,9-11,13H2,1-2H3,(H,21,25)(H,22,27). The van der Waals surface area contributed by atoms with Gasteiger partial charge in [-0.1, -0.05) is 26.3 Å². The summed E-state index contributed by atoms with van der Waals surface area (Å²) in [5.41, 5.74) is 0.295. The monoisotopic (exact) mass is 436 g/mol. The van der Waals surface area contributed by atoms with Crippen molar-refractivity contribution in [3.8, 4) is 0 Å². The fourth-order valence-electron chi connectivity index (χ4n) is 3.69. The Labute approximate surface area is 176 Å². The zero-order valence-corrected chi connectivity index (χ0v) is 18.1. The second-order valence-corrected chi connectivity index (χ2v) is 10.0. The molecule has 2 fully saturated rings. The number of urea groups is 1. The Bertz CT molecular complexity index is 925. The molecule has 0 spiro atoms. The molecule has 10 heteroatoms. The highest BCUT2D eigenvalue weighted by Crippen LogP contribution is 2.23. The molecule has 0 saturated carbocycles. The lowest BCUT2D eigenvalue weighted by atomic mass is 10.0. The molecule has 164 valence electrons. The fourth-order valence-corrected chi connectivity index (χ4v) is 5.25. The van der Waals surface area contributed by atoms with Crippen molar-refractivity contribution < 1.29 is 22.8 Å². The summed E-state index contributed by atoms with van der Waals surface area (Å²) in [4.78, 5) is 37.8. The van der Waals surface area contributed by atoms with Gasteiger partial charge in [0, 0.05) is 18.8 Å². The van der Waals surface area contributed by atoms with Crippen LogP contribution in [-0.2, 0) is 19.6 Å². The average molecular weight is 437 g/mol. The molecule has 2 aliphatic heterocycles. The largest absolute Gasteiger partial charge is 0.326 e. The van der Waals surface area contributed by atoms with Gasteiger partial charge in [-0.3, -0.25) is 14.5 Å². The number of hydrogen-bond donors (Lipinski definition) is 2. The van der Waals surface area contributed by atoms with E-state index in [1.807, 2.05) is 13.8 Å². The molecule has 2 aliphatic rings. The van der Waals surface area contributed by atoms with Crippen molar-refractivity contribution >= 4 is 33.6 Å². The van der Waals surface area contributed by atoms with Gasteiger partial charge in [-0.05, 0) is 43.4 Å². The van der Waals surface area contributed by atoms with Crippen molar-refractivity contribution in [1.82, 2.24) is 14.5 Å². The number of piperidine rings is 1. The van der Waals surface area contributed by atoms with Gasteiger partial charge in [0.05, 0.1) is 4.90 Å². The molecular weight excluding hydrogens is 408 g/mol. The smallest absolute Gasteiger partial charge is 0.325 e. The van der Waals surface area contributed by atoms with Gasteiger partial charge in [0.15, 0.2) is 0 Å². The number of carbonyl (C=O) groups is 3. The molecule has 9 nitrogen and oxygen atoms in total. The van der Waals surface area contributed by atoms with Crippen LogP contribution in [0.25, 0.3) is 0 Å². The van der Waals surface area contributed by atoms with Crippen molar-refractivity contribution in [3.63, 3.8) is 0 Å². The van der Waals surface area contributed by atoms with E-state index in [1.165, 1.54) is 16.4 Å². The Balaban J connectivity index is 1.65. The van der Waals surface area contributed by atoms with Crippen LogP contribution in [0.15, 0.2) is 29.2 Å². The van der Waals surface area contributed by atoms with Gasteiger partial charge < -0.3 is 10.6 Å². The molecule has 30 heavy (non-hydrogen) atoms. The summed E-state index contributed by atoms with van der Waals surface area (Å²) in [7, 11) is -3.63.